The minimum Gasteiger partial charge on any atom is -0.0870 e. The highest BCUT2D eigenvalue weighted by Crippen LogP contribution is 2.60. The summed E-state index contributed by atoms with van der Waals surface area (Å²) in [6.07, 6.45) is 4.49. The molecule has 4 aromatic carbocycles. The predicted molar refractivity (Wildman–Crippen MR) is 179 cm³/mol. The largest absolute Gasteiger partial charge is 0.0870 e. The predicted octanol–water partition coefficient (Wildman–Crippen LogP) is 8.37. The van der Waals surface area contributed by atoms with E-state index in [9.17, 15) is 0 Å². The molecule has 0 saturated heterocycles. The van der Waals surface area contributed by atoms with Crippen molar-refractivity contribution in [1.29, 1.82) is 0 Å². The molecule has 0 saturated carbocycles. The second-order valence-corrected chi connectivity index (χ2v) is 21.6. The third-order valence-corrected chi connectivity index (χ3v) is 21.5. The zero-order valence-corrected chi connectivity index (χ0v) is 26.5. The molecule has 4 aromatic rings. The lowest BCUT2D eigenvalue weighted by molar-refractivity contribution is 0.518. The van der Waals surface area contributed by atoms with Crippen molar-refractivity contribution in [3.8, 4) is 0 Å². The number of rotatable bonds is 11. The summed E-state index contributed by atoms with van der Waals surface area (Å²) in [5, 5.41) is 5.28. The maximum atomic E-state index is 6.68. The molecule has 0 fully saturated rings. The first-order valence-corrected chi connectivity index (χ1v) is 19.2. The van der Waals surface area contributed by atoms with Crippen molar-refractivity contribution >= 4 is 56.9 Å². The van der Waals surface area contributed by atoms with Gasteiger partial charge in [0.15, 0.2) is 0 Å². The Morgan fingerprint density at radius 2 is 0.632 bits per heavy atom. The van der Waals surface area contributed by atoms with Gasteiger partial charge < -0.3 is 0 Å². The normalized spacial score (nSPS) is 12.8. The molecule has 38 heavy (non-hydrogen) atoms. The minimum atomic E-state index is -2.02. The third-order valence-electron chi connectivity index (χ3n) is 8.01. The first-order valence-electron chi connectivity index (χ1n) is 13.6. The van der Waals surface area contributed by atoms with Gasteiger partial charge in [-0.1, -0.05) is 185 Å². The van der Waals surface area contributed by atoms with E-state index in [4.69, 9.17) is 23.6 Å². The summed E-state index contributed by atoms with van der Waals surface area (Å²) < 4.78 is 0. The molecule has 0 aromatic heterocycles. The average molecular weight is 575 g/mol. The minimum absolute atomic E-state index is 0.00817. The van der Waals surface area contributed by atoms with E-state index in [0.29, 0.717) is 0 Å². The summed E-state index contributed by atoms with van der Waals surface area (Å²) in [6.45, 7) is 9.60. The Morgan fingerprint density at radius 1 is 0.421 bits per heavy atom. The van der Waals surface area contributed by atoms with E-state index in [0.717, 1.165) is 25.7 Å². The maximum absolute atomic E-state index is 6.68. The molecule has 0 spiro atoms. The maximum Gasteiger partial charge on any atom is 0.0159 e. The van der Waals surface area contributed by atoms with Crippen molar-refractivity contribution in [1.82, 2.24) is 0 Å². The van der Waals surface area contributed by atoms with Gasteiger partial charge in [-0.05, 0) is 34.1 Å². The molecule has 0 bridgehead atoms. The third kappa shape index (κ3) is 5.71. The molecule has 0 radical (unpaired) electrons. The lowest BCUT2D eigenvalue weighted by Crippen LogP contribution is -2.34. The Kier molecular flexibility index (Phi) is 9.32. The van der Waals surface area contributed by atoms with Gasteiger partial charge in [0.05, 0.1) is 0 Å². The zero-order valence-electron chi connectivity index (χ0n) is 23.1. The first-order chi connectivity index (χ1) is 18.1. The molecule has 0 heterocycles. The van der Waals surface area contributed by atoms with Gasteiger partial charge in [-0.25, -0.2) is 0 Å². The van der Waals surface area contributed by atoms with Gasteiger partial charge in [0.25, 0.3) is 0 Å². The molecule has 0 unspecified atom stereocenters. The monoisotopic (exact) mass is 574 g/mol. The molecule has 0 amide bonds. The van der Waals surface area contributed by atoms with E-state index < -0.39 is 12.1 Å². The fraction of sp³-hybridized carbons (Fsp3) is 0.294. The van der Waals surface area contributed by atoms with E-state index in [1.54, 1.807) is 0 Å². The van der Waals surface area contributed by atoms with Crippen LogP contribution in [0.4, 0.5) is 0 Å². The standard InChI is InChI=1S/C34H40P2S2/c1-33(2,35(37,29-19-9-5-10-20-29)30-21-11-6-12-22-30)27-17-18-28-34(3,4)36(38,31-23-13-7-14-24-31)32-25-15-8-16-26-32/h5-16,19-26H,17-18,27-28H2,1-4H3. The van der Waals surface area contributed by atoms with Gasteiger partial charge >= 0.3 is 0 Å². The van der Waals surface area contributed by atoms with E-state index in [1.165, 1.54) is 21.2 Å². The van der Waals surface area contributed by atoms with Crippen LogP contribution in [0.3, 0.4) is 0 Å². The van der Waals surface area contributed by atoms with Crippen molar-refractivity contribution < 1.29 is 0 Å². The molecule has 0 aliphatic rings. The quantitative estimate of drug-likeness (QED) is 0.130. The van der Waals surface area contributed by atoms with Gasteiger partial charge in [0.1, 0.15) is 0 Å². The van der Waals surface area contributed by atoms with Gasteiger partial charge in [-0.3, -0.25) is 0 Å². The summed E-state index contributed by atoms with van der Waals surface area (Å²) in [6, 6.07) is 39.4. The number of hydrogen-bond acceptors (Lipinski definition) is 2. The molecule has 0 aliphatic carbocycles. The summed E-state index contributed by atoms with van der Waals surface area (Å²) in [7, 11) is 0. The van der Waals surface area contributed by atoms with Gasteiger partial charge in [0.2, 0.25) is 0 Å². The van der Waals surface area contributed by atoms with Gasteiger partial charge in [-0.2, -0.15) is 0 Å². The summed E-state index contributed by atoms with van der Waals surface area (Å²) >= 11 is 13.4. The van der Waals surface area contributed by atoms with Crippen LogP contribution in [0, 0.1) is 0 Å². The summed E-state index contributed by atoms with van der Waals surface area (Å²) in [4.78, 5) is 0. The Morgan fingerprint density at radius 3 is 0.842 bits per heavy atom. The lowest BCUT2D eigenvalue weighted by atomic mass is 10.00. The van der Waals surface area contributed by atoms with Crippen LogP contribution in [-0.2, 0) is 23.6 Å². The second-order valence-electron chi connectivity index (χ2n) is 11.4. The molecule has 0 atom stereocenters. The fourth-order valence-corrected chi connectivity index (χ4v) is 14.4. The Labute approximate surface area is 240 Å². The highest BCUT2D eigenvalue weighted by Gasteiger charge is 2.40. The fourth-order valence-electron chi connectivity index (χ4n) is 5.68. The van der Waals surface area contributed by atoms with Crippen LogP contribution >= 0.6 is 12.1 Å². The second kappa shape index (κ2) is 12.1. The number of benzene rings is 4. The zero-order chi connectivity index (χ0) is 27.3. The highest BCUT2D eigenvalue weighted by atomic mass is 32.4. The van der Waals surface area contributed by atoms with Crippen LogP contribution < -0.4 is 21.2 Å². The van der Waals surface area contributed by atoms with Crippen molar-refractivity contribution in [2.45, 2.75) is 63.7 Å². The Hall–Kier alpha value is -1.82. The van der Waals surface area contributed by atoms with Crippen LogP contribution in [0.5, 0.6) is 0 Å². The van der Waals surface area contributed by atoms with Gasteiger partial charge in [-0.15, -0.1) is 0 Å². The van der Waals surface area contributed by atoms with Gasteiger partial charge in [0, 0.05) is 22.4 Å². The van der Waals surface area contributed by atoms with E-state index in [1.807, 2.05) is 0 Å². The van der Waals surface area contributed by atoms with Crippen LogP contribution in [-0.4, -0.2) is 10.3 Å². The lowest BCUT2D eigenvalue weighted by Gasteiger charge is -2.41. The van der Waals surface area contributed by atoms with Crippen LogP contribution in [0.1, 0.15) is 53.4 Å². The molecule has 198 valence electrons. The van der Waals surface area contributed by atoms with E-state index >= 15 is 0 Å². The first kappa shape index (κ1) is 29.2. The molecule has 0 aliphatic heterocycles. The SMILES string of the molecule is CC(C)(CCCCC(C)(C)P(=S)(c1ccccc1)c1ccccc1)P(=S)(c1ccccc1)c1ccccc1. The van der Waals surface area contributed by atoms with Crippen LogP contribution in [0.15, 0.2) is 121 Å². The van der Waals surface area contributed by atoms with Crippen molar-refractivity contribution in [2.75, 3.05) is 0 Å². The molecule has 0 nitrogen and oxygen atoms in total. The molecule has 4 heteroatoms. The molecule has 4 rings (SSSR count). The Balaban J connectivity index is 1.56. The topological polar surface area (TPSA) is 0 Å². The van der Waals surface area contributed by atoms with Crippen LogP contribution in [0.2, 0.25) is 0 Å². The van der Waals surface area contributed by atoms with Crippen molar-refractivity contribution in [2.24, 2.45) is 0 Å². The summed E-state index contributed by atoms with van der Waals surface area (Å²) in [5.74, 6) is 0. The highest BCUT2D eigenvalue weighted by molar-refractivity contribution is 8.23. The molecular formula is C34H40P2S2. The Bertz CT molecular complexity index is 1200. The number of hydrogen-bond donors (Lipinski definition) is 0. The average Bonchev–Trinajstić information content (AvgIpc) is 2.96. The van der Waals surface area contributed by atoms with Crippen molar-refractivity contribution in [3.05, 3.63) is 121 Å². The smallest absolute Gasteiger partial charge is 0.0159 e. The summed E-state index contributed by atoms with van der Waals surface area (Å²) in [5.41, 5.74) is 0. The van der Waals surface area contributed by atoms with E-state index in [-0.39, 0.29) is 10.3 Å². The molecular weight excluding hydrogens is 534 g/mol. The van der Waals surface area contributed by atoms with E-state index in [2.05, 4.69) is 149 Å². The number of unbranched alkanes of at least 4 members (excludes halogenated alkanes) is 1. The van der Waals surface area contributed by atoms with Crippen LogP contribution in [0.25, 0.3) is 0 Å². The molecule has 0 N–H and O–H groups in total. The van der Waals surface area contributed by atoms with Crippen molar-refractivity contribution in [3.63, 3.8) is 0 Å².